The zero-order valence-corrected chi connectivity index (χ0v) is 10.5. The molecule has 0 saturated carbocycles. The fraction of sp³-hybridized carbons (Fsp3) is 0.455. The SMILES string of the molecule is COCC(C)CNc1cccc(NN)c1[N+](=O)[O-]. The van der Waals surface area contributed by atoms with Crippen LogP contribution in [0.1, 0.15) is 6.92 Å². The summed E-state index contributed by atoms with van der Waals surface area (Å²) >= 11 is 0. The molecule has 0 aliphatic heterocycles. The Balaban J connectivity index is 2.85. The standard InChI is InChI=1S/C11H18N4O3/c1-8(7-18-2)6-13-9-4-3-5-10(14-12)11(9)15(16)17/h3-5,8,13-14H,6-7,12H2,1-2H3. The van der Waals surface area contributed by atoms with E-state index in [0.29, 0.717) is 18.8 Å². The quantitative estimate of drug-likeness (QED) is 0.388. The van der Waals surface area contributed by atoms with E-state index in [1.165, 1.54) is 0 Å². The zero-order valence-electron chi connectivity index (χ0n) is 10.5. The molecule has 1 rings (SSSR count). The van der Waals surface area contributed by atoms with Gasteiger partial charge in [-0.15, -0.1) is 0 Å². The molecule has 1 aromatic carbocycles. The lowest BCUT2D eigenvalue weighted by Crippen LogP contribution is -2.17. The molecular formula is C11H18N4O3. The first-order chi connectivity index (χ1) is 8.60. The van der Waals surface area contributed by atoms with Crippen molar-refractivity contribution in [3.63, 3.8) is 0 Å². The predicted molar refractivity (Wildman–Crippen MR) is 70.4 cm³/mol. The van der Waals surface area contributed by atoms with Gasteiger partial charge in [0, 0.05) is 13.7 Å². The van der Waals surface area contributed by atoms with E-state index in [0.717, 1.165) is 0 Å². The third kappa shape index (κ3) is 3.57. The second-order valence-corrected chi connectivity index (χ2v) is 4.04. The summed E-state index contributed by atoms with van der Waals surface area (Å²) in [6.45, 7) is 3.17. The molecule has 0 saturated heterocycles. The summed E-state index contributed by atoms with van der Waals surface area (Å²) in [7, 11) is 1.62. The molecule has 1 aromatic rings. The van der Waals surface area contributed by atoms with Crippen molar-refractivity contribution in [1.29, 1.82) is 0 Å². The van der Waals surface area contributed by atoms with Crippen molar-refractivity contribution in [3.05, 3.63) is 28.3 Å². The molecule has 1 atom stereocenters. The number of hydrogen-bond acceptors (Lipinski definition) is 6. The number of nitrogen functional groups attached to an aromatic ring is 1. The molecule has 0 aliphatic carbocycles. The molecule has 7 heteroatoms. The summed E-state index contributed by atoms with van der Waals surface area (Å²) in [6.07, 6.45) is 0. The van der Waals surface area contributed by atoms with Gasteiger partial charge in [-0.05, 0) is 18.1 Å². The average Bonchev–Trinajstić information content (AvgIpc) is 2.35. The Morgan fingerprint density at radius 3 is 2.72 bits per heavy atom. The summed E-state index contributed by atoms with van der Waals surface area (Å²) in [6, 6.07) is 4.91. The highest BCUT2D eigenvalue weighted by atomic mass is 16.6. The maximum absolute atomic E-state index is 11.0. The van der Waals surface area contributed by atoms with Crippen molar-refractivity contribution in [2.75, 3.05) is 31.0 Å². The normalized spacial score (nSPS) is 11.9. The van der Waals surface area contributed by atoms with Gasteiger partial charge in [-0.2, -0.15) is 0 Å². The highest BCUT2D eigenvalue weighted by Gasteiger charge is 2.19. The van der Waals surface area contributed by atoms with E-state index in [-0.39, 0.29) is 17.3 Å². The van der Waals surface area contributed by atoms with E-state index in [9.17, 15) is 10.1 Å². The molecule has 4 N–H and O–H groups in total. The van der Waals surface area contributed by atoms with Crippen LogP contribution in [0.25, 0.3) is 0 Å². The minimum Gasteiger partial charge on any atom is -0.384 e. The fourth-order valence-corrected chi connectivity index (χ4v) is 1.63. The molecule has 0 fully saturated rings. The number of methoxy groups -OCH3 is 1. The first-order valence-electron chi connectivity index (χ1n) is 5.57. The predicted octanol–water partition coefficient (Wildman–Crippen LogP) is 1.57. The number of benzene rings is 1. The van der Waals surface area contributed by atoms with Crippen LogP contribution in [0.2, 0.25) is 0 Å². The molecule has 0 amide bonds. The van der Waals surface area contributed by atoms with Gasteiger partial charge in [-0.3, -0.25) is 16.0 Å². The number of hydrogen-bond donors (Lipinski definition) is 3. The third-order valence-electron chi connectivity index (χ3n) is 2.47. The molecule has 0 spiro atoms. The van der Waals surface area contributed by atoms with Crippen LogP contribution in [0.5, 0.6) is 0 Å². The van der Waals surface area contributed by atoms with Gasteiger partial charge in [-0.25, -0.2) is 0 Å². The van der Waals surface area contributed by atoms with E-state index < -0.39 is 4.92 Å². The minimum atomic E-state index is -0.460. The van der Waals surface area contributed by atoms with Crippen molar-refractivity contribution in [2.24, 2.45) is 11.8 Å². The number of hydrazine groups is 1. The number of nitrogens with zero attached hydrogens (tertiary/aromatic N) is 1. The van der Waals surface area contributed by atoms with Gasteiger partial charge in [0.1, 0.15) is 11.4 Å². The lowest BCUT2D eigenvalue weighted by molar-refractivity contribution is -0.383. The number of anilines is 2. The van der Waals surface area contributed by atoms with Crippen LogP contribution in [-0.4, -0.2) is 25.2 Å². The number of para-hydroxylation sites is 1. The molecule has 100 valence electrons. The van der Waals surface area contributed by atoms with Crippen LogP contribution in [0.4, 0.5) is 17.1 Å². The Bertz CT molecular complexity index is 411. The van der Waals surface area contributed by atoms with Crippen molar-refractivity contribution < 1.29 is 9.66 Å². The maximum Gasteiger partial charge on any atom is 0.316 e. The Morgan fingerprint density at radius 2 is 2.17 bits per heavy atom. The summed E-state index contributed by atoms with van der Waals surface area (Å²) in [5.74, 6) is 5.51. The first kappa shape index (κ1) is 14.2. The molecule has 7 nitrogen and oxygen atoms in total. The minimum absolute atomic E-state index is 0.0513. The molecule has 0 aliphatic rings. The number of ether oxygens (including phenoxy) is 1. The van der Waals surface area contributed by atoms with Crippen LogP contribution in [0.15, 0.2) is 18.2 Å². The number of nitrogens with one attached hydrogen (secondary N) is 2. The highest BCUT2D eigenvalue weighted by molar-refractivity contribution is 5.75. The summed E-state index contributed by atoms with van der Waals surface area (Å²) in [5.41, 5.74) is 3.00. The number of nitro groups is 1. The molecule has 1 unspecified atom stereocenters. The van der Waals surface area contributed by atoms with Crippen LogP contribution >= 0.6 is 0 Å². The van der Waals surface area contributed by atoms with Gasteiger partial charge in [0.2, 0.25) is 0 Å². The van der Waals surface area contributed by atoms with E-state index in [1.807, 2.05) is 6.92 Å². The average molecular weight is 254 g/mol. The van der Waals surface area contributed by atoms with Crippen LogP contribution < -0.4 is 16.6 Å². The van der Waals surface area contributed by atoms with Gasteiger partial charge in [0.15, 0.2) is 0 Å². The topological polar surface area (TPSA) is 102 Å². The molecule has 0 bridgehead atoms. The monoisotopic (exact) mass is 254 g/mol. The second-order valence-electron chi connectivity index (χ2n) is 4.04. The first-order valence-corrected chi connectivity index (χ1v) is 5.57. The number of nitro benzene ring substituents is 1. The Hall–Kier alpha value is -1.86. The van der Waals surface area contributed by atoms with Gasteiger partial charge >= 0.3 is 5.69 Å². The Kier molecular flexibility index (Phi) is 5.34. The summed E-state index contributed by atoms with van der Waals surface area (Å²) in [5, 5.41) is 14.1. The van der Waals surface area contributed by atoms with Gasteiger partial charge in [-0.1, -0.05) is 13.0 Å². The van der Waals surface area contributed by atoms with Gasteiger partial charge in [0.25, 0.3) is 0 Å². The van der Waals surface area contributed by atoms with E-state index >= 15 is 0 Å². The van der Waals surface area contributed by atoms with E-state index in [4.69, 9.17) is 10.6 Å². The van der Waals surface area contributed by atoms with Crippen molar-refractivity contribution >= 4 is 17.1 Å². The lowest BCUT2D eigenvalue weighted by Gasteiger charge is -2.13. The van der Waals surface area contributed by atoms with Crippen LogP contribution in [0, 0.1) is 16.0 Å². The zero-order chi connectivity index (χ0) is 13.5. The number of rotatable bonds is 7. The summed E-state index contributed by atoms with van der Waals surface area (Å²) < 4.78 is 5.01. The lowest BCUT2D eigenvalue weighted by atomic mass is 10.2. The third-order valence-corrected chi connectivity index (χ3v) is 2.47. The molecule has 18 heavy (non-hydrogen) atoms. The molecule has 0 radical (unpaired) electrons. The van der Waals surface area contributed by atoms with Gasteiger partial charge in [0.05, 0.1) is 11.5 Å². The van der Waals surface area contributed by atoms with Crippen molar-refractivity contribution in [2.45, 2.75) is 6.92 Å². The van der Waals surface area contributed by atoms with Crippen molar-refractivity contribution in [1.82, 2.24) is 0 Å². The Labute approximate surface area is 105 Å². The summed E-state index contributed by atoms with van der Waals surface area (Å²) in [4.78, 5) is 10.6. The van der Waals surface area contributed by atoms with Crippen LogP contribution in [-0.2, 0) is 4.74 Å². The van der Waals surface area contributed by atoms with Gasteiger partial charge < -0.3 is 15.5 Å². The fourth-order valence-electron chi connectivity index (χ4n) is 1.63. The molecule has 0 aromatic heterocycles. The smallest absolute Gasteiger partial charge is 0.316 e. The van der Waals surface area contributed by atoms with E-state index in [1.54, 1.807) is 25.3 Å². The molecule has 0 heterocycles. The second kappa shape index (κ2) is 6.77. The van der Waals surface area contributed by atoms with Crippen molar-refractivity contribution in [3.8, 4) is 0 Å². The van der Waals surface area contributed by atoms with E-state index in [2.05, 4.69) is 10.7 Å². The number of nitrogens with two attached hydrogens (primary N) is 1. The van der Waals surface area contributed by atoms with Crippen LogP contribution in [0.3, 0.4) is 0 Å². The largest absolute Gasteiger partial charge is 0.384 e. The maximum atomic E-state index is 11.0. The Morgan fingerprint density at radius 1 is 1.50 bits per heavy atom. The highest BCUT2D eigenvalue weighted by Crippen LogP contribution is 2.32. The molecular weight excluding hydrogens is 236 g/mol.